The second kappa shape index (κ2) is 4.05. The molecule has 0 aromatic heterocycles. The average molecular weight is 349 g/mol. The van der Waals surface area contributed by atoms with Gasteiger partial charge in [0.15, 0.2) is 0 Å². The molecule has 1 radical (unpaired) electrons. The predicted octanol–water partition coefficient (Wildman–Crippen LogP) is 4.76. The van der Waals surface area contributed by atoms with Gasteiger partial charge in [0.05, 0.1) is 0 Å². The highest BCUT2D eigenvalue weighted by atomic mass is 79.9. The number of hydrogen-bond donors (Lipinski definition) is 0. The van der Waals surface area contributed by atoms with Gasteiger partial charge in [-0.05, 0) is 19.1 Å². The monoisotopic (exact) mass is 347 g/mol. The van der Waals surface area contributed by atoms with Crippen LogP contribution >= 0.6 is 31.9 Å². The van der Waals surface area contributed by atoms with E-state index in [1.54, 1.807) is 0 Å². The maximum atomic E-state index is 13.5. The van der Waals surface area contributed by atoms with Crippen molar-refractivity contribution in [3.05, 3.63) is 32.7 Å². The molecule has 0 aliphatic heterocycles. The van der Waals surface area contributed by atoms with E-state index in [2.05, 4.69) is 37.9 Å². The standard InChI is InChI=1S/C9H5Br2F4/c1-8(12,9(13,14)15)5-2-6(10)4-7(11)3-5/h2-3H,1H3. The van der Waals surface area contributed by atoms with Gasteiger partial charge in [0.25, 0.3) is 0 Å². The summed E-state index contributed by atoms with van der Waals surface area (Å²) in [4.78, 5) is 0. The Balaban J connectivity index is 3.27. The smallest absolute Gasteiger partial charge is 0.229 e. The first-order valence-electron chi connectivity index (χ1n) is 3.79. The third-order valence-electron chi connectivity index (χ3n) is 1.88. The summed E-state index contributed by atoms with van der Waals surface area (Å²) in [7, 11) is 0. The third kappa shape index (κ3) is 2.72. The highest BCUT2D eigenvalue weighted by Gasteiger charge is 2.53. The van der Waals surface area contributed by atoms with Gasteiger partial charge >= 0.3 is 6.18 Å². The summed E-state index contributed by atoms with van der Waals surface area (Å²) in [5.74, 6) is 0. The Morgan fingerprint density at radius 1 is 1.07 bits per heavy atom. The summed E-state index contributed by atoms with van der Waals surface area (Å²) in [5.41, 5.74) is -3.83. The summed E-state index contributed by atoms with van der Waals surface area (Å²) < 4.78 is 51.1. The molecule has 0 aliphatic carbocycles. The fraction of sp³-hybridized carbons (Fsp3) is 0.333. The number of halogens is 6. The summed E-state index contributed by atoms with van der Waals surface area (Å²) in [6.07, 6.45) is -4.94. The minimum absolute atomic E-state index is 0.264. The molecule has 0 amide bonds. The fourth-order valence-corrected chi connectivity index (χ4v) is 2.12. The first kappa shape index (κ1) is 13.0. The number of rotatable bonds is 1. The number of benzene rings is 1. The van der Waals surface area contributed by atoms with Gasteiger partial charge < -0.3 is 0 Å². The Bertz CT molecular complexity index is 351. The van der Waals surface area contributed by atoms with Crippen LogP contribution in [0.25, 0.3) is 0 Å². The zero-order valence-electron chi connectivity index (χ0n) is 7.42. The third-order valence-corrected chi connectivity index (χ3v) is 2.73. The number of alkyl halides is 4. The van der Waals surface area contributed by atoms with Crippen LogP contribution in [-0.2, 0) is 5.67 Å². The van der Waals surface area contributed by atoms with Crippen molar-refractivity contribution in [2.24, 2.45) is 0 Å². The molecule has 0 heterocycles. The Labute approximate surface area is 101 Å². The molecule has 0 N–H and O–H groups in total. The van der Waals surface area contributed by atoms with Gasteiger partial charge in [-0.1, -0.05) is 31.9 Å². The molecule has 1 aromatic rings. The van der Waals surface area contributed by atoms with E-state index in [0.29, 0.717) is 6.92 Å². The van der Waals surface area contributed by atoms with Gasteiger partial charge in [0.2, 0.25) is 5.67 Å². The maximum absolute atomic E-state index is 13.5. The first-order valence-corrected chi connectivity index (χ1v) is 5.37. The van der Waals surface area contributed by atoms with Crippen LogP contribution in [0, 0.1) is 6.07 Å². The van der Waals surface area contributed by atoms with Crippen LogP contribution in [0.2, 0.25) is 0 Å². The Morgan fingerprint density at radius 3 is 1.80 bits per heavy atom. The fourth-order valence-electron chi connectivity index (χ4n) is 0.936. The van der Waals surface area contributed by atoms with E-state index in [0.717, 1.165) is 12.1 Å². The molecule has 0 saturated heterocycles. The molecular weight excluding hydrogens is 344 g/mol. The highest BCUT2D eigenvalue weighted by Crippen LogP contribution is 2.43. The lowest BCUT2D eigenvalue weighted by Crippen LogP contribution is -2.35. The van der Waals surface area contributed by atoms with Crippen molar-refractivity contribution in [3.63, 3.8) is 0 Å². The van der Waals surface area contributed by atoms with Gasteiger partial charge in [-0.2, -0.15) is 13.2 Å². The Kier molecular flexibility index (Phi) is 3.50. The van der Waals surface area contributed by atoms with E-state index in [-0.39, 0.29) is 8.95 Å². The summed E-state index contributed by atoms with van der Waals surface area (Å²) in [6, 6.07) is 4.74. The van der Waals surface area contributed by atoms with E-state index in [9.17, 15) is 17.6 Å². The lowest BCUT2D eigenvalue weighted by atomic mass is 9.97. The molecular formula is C9H5Br2F4. The van der Waals surface area contributed by atoms with Gasteiger partial charge in [0, 0.05) is 20.6 Å². The van der Waals surface area contributed by atoms with Crippen LogP contribution in [0.3, 0.4) is 0 Å². The van der Waals surface area contributed by atoms with Gasteiger partial charge in [-0.3, -0.25) is 0 Å². The first-order chi connectivity index (χ1) is 6.64. The molecule has 0 fully saturated rings. The topological polar surface area (TPSA) is 0 Å². The highest BCUT2D eigenvalue weighted by molar-refractivity contribution is 9.11. The van der Waals surface area contributed by atoms with Crippen molar-refractivity contribution in [1.29, 1.82) is 0 Å². The molecule has 1 atom stereocenters. The zero-order valence-corrected chi connectivity index (χ0v) is 10.6. The van der Waals surface area contributed by atoms with E-state index in [1.807, 2.05) is 0 Å². The minimum Gasteiger partial charge on any atom is -0.229 e. The van der Waals surface area contributed by atoms with Crippen molar-refractivity contribution in [2.45, 2.75) is 18.8 Å². The lowest BCUT2D eigenvalue weighted by molar-refractivity contribution is -0.228. The van der Waals surface area contributed by atoms with E-state index < -0.39 is 17.4 Å². The molecule has 0 saturated carbocycles. The quantitative estimate of drug-likeness (QED) is 0.642. The largest absolute Gasteiger partial charge is 0.426 e. The summed E-state index contributed by atoms with van der Waals surface area (Å²) in [5, 5.41) is 0. The Morgan fingerprint density at radius 2 is 1.47 bits per heavy atom. The molecule has 0 nitrogen and oxygen atoms in total. The summed E-state index contributed by atoms with van der Waals surface area (Å²) >= 11 is 5.91. The number of hydrogen-bond acceptors (Lipinski definition) is 0. The average Bonchev–Trinajstić information content (AvgIpc) is 1.99. The van der Waals surface area contributed by atoms with Crippen LogP contribution in [0.1, 0.15) is 12.5 Å². The van der Waals surface area contributed by atoms with Crippen LogP contribution in [0.15, 0.2) is 21.1 Å². The van der Waals surface area contributed by atoms with Crippen molar-refractivity contribution < 1.29 is 17.6 Å². The van der Waals surface area contributed by atoms with Gasteiger partial charge in [0.1, 0.15) is 0 Å². The van der Waals surface area contributed by atoms with Crippen LogP contribution in [-0.4, -0.2) is 6.18 Å². The van der Waals surface area contributed by atoms with Gasteiger partial charge in [-0.25, -0.2) is 4.39 Å². The van der Waals surface area contributed by atoms with Crippen molar-refractivity contribution in [3.8, 4) is 0 Å². The molecule has 1 rings (SSSR count). The SMILES string of the molecule is CC(F)(c1cc(Br)[c]c(Br)c1)C(F)(F)F. The normalized spacial score (nSPS) is 16.2. The van der Waals surface area contributed by atoms with E-state index in [4.69, 9.17) is 0 Å². The molecule has 15 heavy (non-hydrogen) atoms. The van der Waals surface area contributed by atoms with Crippen molar-refractivity contribution in [2.75, 3.05) is 0 Å². The van der Waals surface area contributed by atoms with Crippen molar-refractivity contribution >= 4 is 31.9 Å². The second-order valence-electron chi connectivity index (χ2n) is 3.07. The molecule has 0 aliphatic rings. The minimum atomic E-state index is -4.94. The molecule has 83 valence electrons. The molecule has 6 heteroatoms. The van der Waals surface area contributed by atoms with Crippen LogP contribution in [0.4, 0.5) is 17.6 Å². The summed E-state index contributed by atoms with van der Waals surface area (Å²) in [6.45, 7) is 0.487. The Hall–Kier alpha value is -0.100. The second-order valence-corrected chi connectivity index (χ2v) is 4.77. The van der Waals surface area contributed by atoms with E-state index in [1.165, 1.54) is 0 Å². The zero-order chi connectivity index (χ0) is 11.9. The van der Waals surface area contributed by atoms with Crippen LogP contribution in [0.5, 0.6) is 0 Å². The van der Waals surface area contributed by atoms with Gasteiger partial charge in [-0.15, -0.1) is 0 Å². The molecule has 1 unspecified atom stereocenters. The lowest BCUT2D eigenvalue weighted by Gasteiger charge is -2.24. The van der Waals surface area contributed by atoms with Crippen LogP contribution < -0.4 is 0 Å². The molecule has 1 aromatic carbocycles. The molecule has 0 spiro atoms. The van der Waals surface area contributed by atoms with Crippen molar-refractivity contribution in [1.82, 2.24) is 0 Å². The molecule has 0 bridgehead atoms. The maximum Gasteiger partial charge on any atom is 0.426 e. The van der Waals surface area contributed by atoms with E-state index >= 15 is 0 Å². The predicted molar refractivity (Wildman–Crippen MR) is 55.2 cm³/mol.